The second-order valence-electron chi connectivity index (χ2n) is 7.40. The van der Waals surface area contributed by atoms with Crippen LogP contribution in [0.2, 0.25) is 0 Å². The Labute approximate surface area is 141 Å². The Morgan fingerprint density at radius 1 is 0.783 bits per heavy atom. The Bertz CT molecular complexity index is 414. The molecule has 0 aliphatic carbocycles. The van der Waals surface area contributed by atoms with E-state index in [2.05, 4.69) is 0 Å². The third-order valence-electron chi connectivity index (χ3n) is 4.49. The van der Waals surface area contributed by atoms with Crippen molar-refractivity contribution in [3.8, 4) is 0 Å². The summed E-state index contributed by atoms with van der Waals surface area (Å²) in [5.74, 6) is -0.463. The third-order valence-corrected chi connectivity index (χ3v) is 5.43. The van der Waals surface area contributed by atoms with Crippen LogP contribution in [-0.2, 0) is 18.2 Å². The summed E-state index contributed by atoms with van der Waals surface area (Å²) in [4.78, 5) is 19.0. The third kappa shape index (κ3) is 5.01. The minimum Gasteiger partial charge on any atom is -0.133 e. The number of hydrogen-bond donors (Lipinski definition) is 2. The van der Waals surface area contributed by atoms with Gasteiger partial charge in [-0.05, 0) is 30.1 Å². The molecule has 0 saturated carbocycles. The molecule has 3 unspecified atom stereocenters. The highest BCUT2D eigenvalue weighted by molar-refractivity contribution is 7.32. The van der Waals surface area contributed by atoms with Gasteiger partial charge in [0, 0.05) is 9.13 Å². The lowest BCUT2D eigenvalue weighted by Gasteiger charge is -2.50. The molecule has 6 nitrogen and oxygen atoms in total. The lowest BCUT2D eigenvalue weighted by molar-refractivity contribution is -0.197. The van der Waals surface area contributed by atoms with Crippen LogP contribution in [-0.4, -0.2) is 21.0 Å². The van der Waals surface area contributed by atoms with E-state index in [1.807, 2.05) is 55.4 Å². The molecule has 0 aliphatic heterocycles. The molecule has 0 radical (unpaired) electrons. The Balaban J connectivity index is 6.58. The van der Waals surface area contributed by atoms with Gasteiger partial charge in [-0.1, -0.05) is 55.4 Å². The van der Waals surface area contributed by atoms with Crippen LogP contribution >= 0.6 is 16.5 Å². The zero-order chi connectivity index (χ0) is 18.6. The fourth-order valence-corrected chi connectivity index (χ4v) is 5.41. The highest BCUT2D eigenvalue weighted by Gasteiger charge is 2.67. The summed E-state index contributed by atoms with van der Waals surface area (Å²) in [5, 5.41) is 0. The van der Waals surface area contributed by atoms with E-state index in [1.165, 1.54) is 0 Å². The molecule has 0 aliphatic rings. The molecule has 23 heavy (non-hydrogen) atoms. The largest absolute Gasteiger partial charge is 0.695 e. The Hall–Kier alpha value is 0.0400. The molecular formula is C15H32O6P2+2. The van der Waals surface area contributed by atoms with Crippen molar-refractivity contribution >= 4 is 16.5 Å². The maximum absolute atomic E-state index is 11.6. The van der Waals surface area contributed by atoms with E-state index in [1.54, 1.807) is 0 Å². The molecule has 0 saturated heterocycles. The van der Waals surface area contributed by atoms with Crippen LogP contribution in [0.4, 0.5) is 0 Å². The lowest BCUT2D eigenvalue weighted by atomic mass is 9.61. The first-order valence-corrected chi connectivity index (χ1v) is 10.3. The van der Waals surface area contributed by atoms with E-state index in [9.17, 15) is 18.9 Å². The molecule has 0 heterocycles. The van der Waals surface area contributed by atoms with Gasteiger partial charge < -0.3 is 0 Å². The van der Waals surface area contributed by atoms with E-state index in [0.29, 0.717) is 6.42 Å². The van der Waals surface area contributed by atoms with Gasteiger partial charge in [0.1, 0.15) is 0 Å². The molecule has 0 aromatic carbocycles. The van der Waals surface area contributed by atoms with Crippen molar-refractivity contribution in [3.05, 3.63) is 0 Å². The van der Waals surface area contributed by atoms with Crippen molar-refractivity contribution in [2.75, 3.05) is 0 Å². The van der Waals surface area contributed by atoms with Crippen molar-refractivity contribution in [2.24, 2.45) is 23.7 Å². The van der Waals surface area contributed by atoms with Gasteiger partial charge >= 0.3 is 16.5 Å². The molecule has 3 atom stereocenters. The zero-order valence-electron chi connectivity index (χ0n) is 15.4. The molecular weight excluding hydrogens is 338 g/mol. The monoisotopic (exact) mass is 370 g/mol. The van der Waals surface area contributed by atoms with Gasteiger partial charge in [0.2, 0.25) is 0 Å². The first-order chi connectivity index (χ1) is 10.3. The van der Waals surface area contributed by atoms with Gasteiger partial charge in [-0.2, -0.15) is 0 Å². The average molecular weight is 370 g/mol. The van der Waals surface area contributed by atoms with Gasteiger partial charge in [0.05, 0.1) is 0 Å². The molecule has 0 amide bonds. The second-order valence-corrected chi connectivity index (χ2v) is 8.72. The van der Waals surface area contributed by atoms with Crippen LogP contribution in [0.15, 0.2) is 0 Å². The van der Waals surface area contributed by atoms with Crippen molar-refractivity contribution < 1.29 is 28.0 Å². The summed E-state index contributed by atoms with van der Waals surface area (Å²) in [7, 11) is -5.80. The van der Waals surface area contributed by atoms with Crippen LogP contribution in [0, 0.1) is 23.7 Å². The second kappa shape index (κ2) is 8.94. The fraction of sp³-hybridized carbons (Fsp3) is 1.00. The molecule has 0 fully saturated rings. The molecule has 0 aromatic rings. The van der Waals surface area contributed by atoms with Gasteiger partial charge in [-0.3, -0.25) is 0 Å². The molecule has 0 rings (SSSR count). The van der Waals surface area contributed by atoms with E-state index in [-0.39, 0.29) is 23.7 Å². The lowest BCUT2D eigenvalue weighted by Crippen LogP contribution is -2.65. The summed E-state index contributed by atoms with van der Waals surface area (Å²) in [6.07, 6.45) is 0.436. The highest BCUT2D eigenvalue weighted by atomic mass is 31.1. The Kier molecular flexibility index (Phi) is 8.95. The normalized spacial score (nSPS) is 17.1. The maximum Gasteiger partial charge on any atom is 0.695 e. The number of hydrogen-bond acceptors (Lipinski definition) is 4. The van der Waals surface area contributed by atoms with Crippen LogP contribution in [0.1, 0.15) is 61.8 Å². The van der Waals surface area contributed by atoms with Gasteiger partial charge in [0.15, 0.2) is 11.2 Å². The molecule has 8 heteroatoms. The quantitative estimate of drug-likeness (QED) is 0.536. The van der Waals surface area contributed by atoms with Crippen LogP contribution in [0.5, 0.6) is 0 Å². The zero-order valence-corrected chi connectivity index (χ0v) is 17.2. The SMILES string of the molecule is CC(C)CC(O[P+](=O)O)(C(C)C)C(O[P+](=O)O)(C(C)C)C(C)C. The Morgan fingerprint density at radius 2 is 1.17 bits per heavy atom. The number of rotatable bonds is 10. The Morgan fingerprint density at radius 3 is 1.39 bits per heavy atom. The standard InChI is InChI=1S/C15H30O6P2/c1-10(2)9-14(11(3)4,20-22(16)17)15(12(5)6,13(7)8)21-23(18)19/h10-13H,9H2,1-8H3/p+2. The van der Waals surface area contributed by atoms with Crippen LogP contribution in [0.3, 0.4) is 0 Å². The van der Waals surface area contributed by atoms with E-state index >= 15 is 0 Å². The summed E-state index contributed by atoms with van der Waals surface area (Å²) < 4.78 is 34.4. The van der Waals surface area contributed by atoms with Crippen LogP contribution < -0.4 is 0 Å². The fourth-order valence-electron chi connectivity index (χ4n) is 3.87. The molecule has 0 spiro atoms. The summed E-state index contributed by atoms with van der Waals surface area (Å²) >= 11 is 0. The molecule has 2 N–H and O–H groups in total. The maximum atomic E-state index is 11.6. The molecule has 0 aromatic heterocycles. The van der Waals surface area contributed by atoms with Gasteiger partial charge in [-0.25, -0.2) is 0 Å². The van der Waals surface area contributed by atoms with Crippen LogP contribution in [0.25, 0.3) is 0 Å². The summed E-state index contributed by atoms with van der Waals surface area (Å²) in [5.41, 5.74) is -2.35. The molecule has 136 valence electrons. The summed E-state index contributed by atoms with van der Waals surface area (Å²) in [6.45, 7) is 15.2. The van der Waals surface area contributed by atoms with E-state index in [4.69, 9.17) is 9.05 Å². The van der Waals surface area contributed by atoms with Crippen molar-refractivity contribution in [3.63, 3.8) is 0 Å². The first-order valence-electron chi connectivity index (χ1n) is 8.04. The topological polar surface area (TPSA) is 93.1 Å². The highest BCUT2D eigenvalue weighted by Crippen LogP contribution is 2.55. The van der Waals surface area contributed by atoms with E-state index in [0.717, 1.165) is 0 Å². The first kappa shape index (κ1) is 23.0. The minimum absolute atomic E-state index is 0.143. The van der Waals surface area contributed by atoms with Gasteiger partial charge in [-0.15, -0.1) is 18.8 Å². The van der Waals surface area contributed by atoms with Crippen molar-refractivity contribution in [2.45, 2.75) is 73.0 Å². The smallest absolute Gasteiger partial charge is 0.133 e. The minimum atomic E-state index is -2.90. The average Bonchev–Trinajstić information content (AvgIpc) is 2.32. The predicted octanol–water partition coefficient (Wildman–Crippen LogP) is 4.81. The van der Waals surface area contributed by atoms with Crippen molar-refractivity contribution in [1.82, 2.24) is 0 Å². The van der Waals surface area contributed by atoms with E-state index < -0.39 is 27.7 Å². The predicted molar refractivity (Wildman–Crippen MR) is 91.3 cm³/mol. The van der Waals surface area contributed by atoms with Crippen molar-refractivity contribution in [1.29, 1.82) is 0 Å². The molecule has 0 bridgehead atoms. The summed E-state index contributed by atoms with van der Waals surface area (Å²) in [6, 6.07) is 0. The van der Waals surface area contributed by atoms with Gasteiger partial charge in [0.25, 0.3) is 0 Å².